The van der Waals surface area contributed by atoms with Gasteiger partial charge < -0.3 is 5.73 Å². The summed E-state index contributed by atoms with van der Waals surface area (Å²) in [5, 5.41) is 0. The molecule has 1 nitrogen and oxygen atoms in total. The highest BCUT2D eigenvalue weighted by Gasteiger charge is 2.43. The van der Waals surface area contributed by atoms with Gasteiger partial charge in [0.1, 0.15) is 0 Å². The summed E-state index contributed by atoms with van der Waals surface area (Å²) in [5.74, 6) is 0.808. The smallest absolute Gasteiger partial charge is 0.00437 e. The van der Waals surface area contributed by atoms with Crippen LogP contribution in [0.4, 0.5) is 0 Å². The predicted octanol–water partition coefficient (Wildman–Crippen LogP) is 2.55. The third-order valence-electron chi connectivity index (χ3n) is 3.21. The second kappa shape index (κ2) is 3.57. The van der Waals surface area contributed by atoms with Crippen LogP contribution in [-0.4, -0.2) is 6.54 Å². The average molecular weight is 155 g/mol. The number of nitrogens with two attached hydrogens (primary N) is 1. The Labute approximate surface area is 70.4 Å². The van der Waals surface area contributed by atoms with Gasteiger partial charge in [-0.25, -0.2) is 0 Å². The van der Waals surface area contributed by atoms with Gasteiger partial charge in [-0.2, -0.15) is 0 Å². The first-order chi connectivity index (χ1) is 5.23. The van der Waals surface area contributed by atoms with Gasteiger partial charge in [0, 0.05) is 0 Å². The molecule has 66 valence electrons. The predicted molar refractivity (Wildman–Crippen MR) is 49.4 cm³/mol. The van der Waals surface area contributed by atoms with E-state index in [0.29, 0.717) is 5.41 Å². The monoisotopic (exact) mass is 155 g/mol. The largest absolute Gasteiger partial charge is 0.330 e. The van der Waals surface area contributed by atoms with Crippen LogP contribution in [0.1, 0.15) is 46.0 Å². The Morgan fingerprint density at radius 2 is 2.09 bits per heavy atom. The molecule has 11 heavy (non-hydrogen) atoms. The van der Waals surface area contributed by atoms with E-state index in [1.54, 1.807) is 0 Å². The fraction of sp³-hybridized carbons (Fsp3) is 1.00. The zero-order chi connectivity index (χ0) is 8.32. The molecule has 0 amide bonds. The molecular weight excluding hydrogens is 134 g/mol. The van der Waals surface area contributed by atoms with Crippen molar-refractivity contribution < 1.29 is 0 Å². The second-order valence-electron chi connectivity index (χ2n) is 4.23. The van der Waals surface area contributed by atoms with Crippen LogP contribution >= 0.6 is 0 Å². The summed E-state index contributed by atoms with van der Waals surface area (Å²) >= 11 is 0. The quantitative estimate of drug-likeness (QED) is 0.648. The molecule has 1 rings (SSSR count). The van der Waals surface area contributed by atoms with Gasteiger partial charge in [-0.1, -0.05) is 26.7 Å². The molecule has 1 unspecified atom stereocenters. The van der Waals surface area contributed by atoms with Gasteiger partial charge in [0.2, 0.25) is 0 Å². The van der Waals surface area contributed by atoms with Gasteiger partial charge in [-0.05, 0) is 37.1 Å². The molecule has 0 bridgehead atoms. The van der Waals surface area contributed by atoms with E-state index in [1.807, 2.05) is 0 Å². The standard InChI is InChI=1S/C10H21N/c1-3-4-5-9(8-11)10(2)6-7-10/h9H,3-8,11H2,1-2H3. The van der Waals surface area contributed by atoms with Crippen molar-refractivity contribution in [2.75, 3.05) is 6.54 Å². The van der Waals surface area contributed by atoms with Crippen LogP contribution in [0.5, 0.6) is 0 Å². The van der Waals surface area contributed by atoms with Crippen molar-refractivity contribution >= 4 is 0 Å². The fourth-order valence-corrected chi connectivity index (χ4v) is 1.81. The third-order valence-corrected chi connectivity index (χ3v) is 3.21. The highest BCUT2D eigenvalue weighted by atomic mass is 14.6. The minimum Gasteiger partial charge on any atom is -0.330 e. The highest BCUT2D eigenvalue weighted by Crippen LogP contribution is 2.52. The lowest BCUT2D eigenvalue weighted by Crippen LogP contribution is -2.22. The zero-order valence-electron chi connectivity index (χ0n) is 7.90. The minimum absolute atomic E-state index is 0.643. The summed E-state index contributed by atoms with van der Waals surface area (Å²) in [6, 6.07) is 0. The lowest BCUT2D eigenvalue weighted by molar-refractivity contribution is 0.314. The molecule has 0 aromatic heterocycles. The van der Waals surface area contributed by atoms with Crippen LogP contribution in [0.15, 0.2) is 0 Å². The van der Waals surface area contributed by atoms with Crippen LogP contribution in [0, 0.1) is 11.3 Å². The lowest BCUT2D eigenvalue weighted by atomic mass is 9.87. The molecule has 0 spiro atoms. The van der Waals surface area contributed by atoms with E-state index >= 15 is 0 Å². The van der Waals surface area contributed by atoms with Gasteiger partial charge in [-0.15, -0.1) is 0 Å². The number of rotatable bonds is 5. The number of hydrogen-bond donors (Lipinski definition) is 1. The summed E-state index contributed by atoms with van der Waals surface area (Å²) in [4.78, 5) is 0. The fourth-order valence-electron chi connectivity index (χ4n) is 1.81. The van der Waals surface area contributed by atoms with Gasteiger partial charge >= 0.3 is 0 Å². The van der Waals surface area contributed by atoms with E-state index in [-0.39, 0.29) is 0 Å². The zero-order valence-corrected chi connectivity index (χ0v) is 7.90. The van der Waals surface area contributed by atoms with Crippen LogP contribution < -0.4 is 5.73 Å². The topological polar surface area (TPSA) is 26.0 Å². The van der Waals surface area contributed by atoms with E-state index in [9.17, 15) is 0 Å². The van der Waals surface area contributed by atoms with Crippen molar-refractivity contribution in [3.05, 3.63) is 0 Å². The normalized spacial score (nSPS) is 23.2. The first-order valence-electron chi connectivity index (χ1n) is 4.93. The Kier molecular flexibility index (Phi) is 2.94. The minimum atomic E-state index is 0.643. The first-order valence-corrected chi connectivity index (χ1v) is 4.93. The molecule has 1 aliphatic carbocycles. The van der Waals surface area contributed by atoms with Crippen molar-refractivity contribution in [3.63, 3.8) is 0 Å². The van der Waals surface area contributed by atoms with Crippen molar-refractivity contribution in [1.29, 1.82) is 0 Å². The molecule has 0 aromatic rings. The highest BCUT2D eigenvalue weighted by molar-refractivity contribution is 4.94. The van der Waals surface area contributed by atoms with Crippen LogP contribution in [0.3, 0.4) is 0 Å². The van der Waals surface area contributed by atoms with Gasteiger partial charge in [0.05, 0.1) is 0 Å². The van der Waals surface area contributed by atoms with E-state index in [0.717, 1.165) is 12.5 Å². The van der Waals surface area contributed by atoms with Crippen molar-refractivity contribution in [2.45, 2.75) is 46.0 Å². The summed E-state index contributed by atoms with van der Waals surface area (Å²) in [5.41, 5.74) is 6.38. The summed E-state index contributed by atoms with van der Waals surface area (Å²) in [6.45, 7) is 5.54. The lowest BCUT2D eigenvalue weighted by Gasteiger charge is -2.21. The maximum atomic E-state index is 5.74. The maximum absolute atomic E-state index is 5.74. The summed E-state index contributed by atoms with van der Waals surface area (Å²) in [7, 11) is 0. The molecule has 0 heterocycles. The molecule has 1 aliphatic rings. The molecule has 0 aromatic carbocycles. The van der Waals surface area contributed by atoms with Gasteiger partial charge in [-0.3, -0.25) is 0 Å². The molecule has 0 radical (unpaired) electrons. The Morgan fingerprint density at radius 1 is 1.45 bits per heavy atom. The molecule has 0 aliphatic heterocycles. The first kappa shape index (κ1) is 9.05. The molecule has 2 N–H and O–H groups in total. The Balaban J connectivity index is 2.25. The van der Waals surface area contributed by atoms with Crippen LogP contribution in [0.25, 0.3) is 0 Å². The summed E-state index contributed by atoms with van der Waals surface area (Å²) in [6.07, 6.45) is 6.85. The van der Waals surface area contributed by atoms with Crippen molar-refractivity contribution in [3.8, 4) is 0 Å². The third kappa shape index (κ3) is 2.19. The van der Waals surface area contributed by atoms with Gasteiger partial charge in [0.25, 0.3) is 0 Å². The molecule has 1 saturated carbocycles. The number of unbranched alkanes of at least 4 members (excludes halogenated alkanes) is 1. The Morgan fingerprint density at radius 3 is 2.45 bits per heavy atom. The van der Waals surface area contributed by atoms with Crippen LogP contribution in [-0.2, 0) is 0 Å². The SMILES string of the molecule is CCCCC(CN)C1(C)CC1. The average Bonchev–Trinajstić information content (AvgIpc) is 2.71. The molecule has 0 saturated heterocycles. The van der Waals surface area contributed by atoms with Crippen LogP contribution in [0.2, 0.25) is 0 Å². The van der Waals surface area contributed by atoms with Gasteiger partial charge in [0.15, 0.2) is 0 Å². The van der Waals surface area contributed by atoms with Crippen molar-refractivity contribution in [2.24, 2.45) is 17.1 Å². The molecule has 1 heteroatoms. The Bertz CT molecular complexity index is 116. The van der Waals surface area contributed by atoms with Crippen molar-refractivity contribution in [1.82, 2.24) is 0 Å². The second-order valence-corrected chi connectivity index (χ2v) is 4.23. The molecular formula is C10H21N. The van der Waals surface area contributed by atoms with E-state index < -0.39 is 0 Å². The molecule has 1 fully saturated rings. The van der Waals surface area contributed by atoms with E-state index in [1.165, 1.54) is 32.1 Å². The van der Waals surface area contributed by atoms with E-state index in [2.05, 4.69) is 13.8 Å². The Hall–Kier alpha value is -0.0400. The van der Waals surface area contributed by atoms with E-state index in [4.69, 9.17) is 5.73 Å². The summed E-state index contributed by atoms with van der Waals surface area (Å²) < 4.78 is 0. The maximum Gasteiger partial charge on any atom is -0.00437 e. The number of hydrogen-bond acceptors (Lipinski definition) is 1. The molecule has 1 atom stereocenters.